The van der Waals surface area contributed by atoms with E-state index in [-0.39, 0.29) is 23.8 Å². The monoisotopic (exact) mass is 408 g/mol. The van der Waals surface area contributed by atoms with Gasteiger partial charge in [-0.2, -0.15) is 0 Å². The highest BCUT2D eigenvalue weighted by Crippen LogP contribution is 2.26. The van der Waals surface area contributed by atoms with Gasteiger partial charge >= 0.3 is 0 Å². The highest BCUT2D eigenvalue weighted by atomic mass is 16.2. The minimum atomic E-state index is -1.13. The lowest BCUT2D eigenvalue weighted by Gasteiger charge is -2.29. The lowest BCUT2D eigenvalue weighted by Crippen LogP contribution is -2.55. The number of amides is 4. The van der Waals surface area contributed by atoms with Gasteiger partial charge in [0.2, 0.25) is 11.8 Å². The van der Waals surface area contributed by atoms with Crippen LogP contribution in [0.5, 0.6) is 0 Å². The molecule has 0 unspecified atom stereocenters. The van der Waals surface area contributed by atoms with Gasteiger partial charge in [0.25, 0.3) is 11.8 Å². The number of carbonyl (C=O) groups is 4. The Morgan fingerprint density at radius 3 is 2.33 bits per heavy atom. The molecule has 1 aliphatic heterocycles. The SMILES string of the molecule is CCC(CC)C(=O)NN(C(=O)c1ccncc1)[C@@H]1CC(=O)N(c2ccccc2)C1=O. The predicted octanol–water partition coefficient (Wildman–Crippen LogP) is 2.32. The van der Waals surface area contributed by atoms with Gasteiger partial charge in [-0.3, -0.25) is 29.6 Å². The van der Waals surface area contributed by atoms with Gasteiger partial charge in [0.15, 0.2) is 0 Å². The molecule has 2 aromatic rings. The molecule has 1 aliphatic rings. The van der Waals surface area contributed by atoms with Gasteiger partial charge < -0.3 is 0 Å². The Morgan fingerprint density at radius 2 is 1.73 bits per heavy atom. The van der Waals surface area contributed by atoms with E-state index in [2.05, 4.69) is 10.4 Å². The summed E-state index contributed by atoms with van der Waals surface area (Å²) in [5.74, 6) is -2.23. The maximum atomic E-state index is 13.2. The van der Waals surface area contributed by atoms with Crippen LogP contribution in [0.1, 0.15) is 43.5 Å². The summed E-state index contributed by atoms with van der Waals surface area (Å²) in [4.78, 5) is 56.6. The molecule has 156 valence electrons. The van der Waals surface area contributed by atoms with Crippen molar-refractivity contribution in [3.05, 3.63) is 60.4 Å². The van der Waals surface area contributed by atoms with Gasteiger partial charge in [0.05, 0.1) is 12.1 Å². The van der Waals surface area contributed by atoms with Crippen molar-refractivity contribution in [2.24, 2.45) is 5.92 Å². The summed E-state index contributed by atoms with van der Waals surface area (Å²) in [5.41, 5.74) is 3.29. The number of pyridine rings is 1. The topological polar surface area (TPSA) is 99.7 Å². The molecule has 4 amide bonds. The largest absolute Gasteiger partial charge is 0.274 e. The number of nitrogens with one attached hydrogen (secondary N) is 1. The Balaban J connectivity index is 1.93. The van der Waals surface area contributed by atoms with Crippen molar-refractivity contribution < 1.29 is 19.2 Å². The fraction of sp³-hybridized carbons (Fsp3) is 0.318. The van der Waals surface area contributed by atoms with Crippen molar-refractivity contribution in [1.29, 1.82) is 0 Å². The quantitative estimate of drug-likeness (QED) is 0.584. The summed E-state index contributed by atoms with van der Waals surface area (Å²) < 4.78 is 0. The molecule has 1 atom stereocenters. The normalized spacial score (nSPS) is 16.1. The molecule has 30 heavy (non-hydrogen) atoms. The van der Waals surface area contributed by atoms with E-state index in [1.54, 1.807) is 30.3 Å². The molecule has 0 bridgehead atoms. The number of nitrogens with zero attached hydrogens (tertiary/aromatic N) is 3. The number of hydrogen-bond acceptors (Lipinski definition) is 5. The number of rotatable bonds is 6. The van der Waals surface area contributed by atoms with Crippen LogP contribution >= 0.6 is 0 Å². The first-order chi connectivity index (χ1) is 14.5. The van der Waals surface area contributed by atoms with Crippen molar-refractivity contribution >= 4 is 29.3 Å². The summed E-state index contributed by atoms with van der Waals surface area (Å²) in [7, 11) is 0. The number of imide groups is 1. The van der Waals surface area contributed by atoms with E-state index >= 15 is 0 Å². The highest BCUT2D eigenvalue weighted by Gasteiger charge is 2.45. The Labute approximate surface area is 174 Å². The number of benzene rings is 1. The maximum absolute atomic E-state index is 13.2. The zero-order chi connectivity index (χ0) is 21.7. The van der Waals surface area contributed by atoms with Gasteiger partial charge in [-0.05, 0) is 37.1 Å². The Kier molecular flexibility index (Phi) is 6.56. The van der Waals surface area contributed by atoms with Crippen LogP contribution in [-0.2, 0) is 14.4 Å². The minimum Gasteiger partial charge on any atom is -0.274 e. The molecule has 1 aromatic heterocycles. The van der Waals surface area contributed by atoms with Crippen molar-refractivity contribution in [3.8, 4) is 0 Å². The molecule has 0 spiro atoms. The fourth-order valence-corrected chi connectivity index (χ4v) is 3.44. The number of aromatic nitrogens is 1. The number of anilines is 1. The van der Waals surface area contributed by atoms with Gasteiger partial charge in [0, 0.05) is 23.9 Å². The molecule has 0 aliphatic carbocycles. The third kappa shape index (κ3) is 4.22. The molecule has 3 rings (SSSR count). The van der Waals surface area contributed by atoms with Gasteiger partial charge in [-0.15, -0.1) is 0 Å². The first-order valence-electron chi connectivity index (χ1n) is 9.93. The van der Waals surface area contributed by atoms with Crippen LogP contribution in [0, 0.1) is 5.92 Å². The van der Waals surface area contributed by atoms with E-state index in [0.717, 1.165) is 9.91 Å². The van der Waals surface area contributed by atoms with Crippen molar-refractivity contribution in [3.63, 3.8) is 0 Å². The summed E-state index contributed by atoms with van der Waals surface area (Å²) >= 11 is 0. The molecule has 0 saturated carbocycles. The van der Waals surface area contributed by atoms with E-state index in [9.17, 15) is 19.2 Å². The standard InChI is InChI=1S/C22H24N4O4/c1-3-15(4-2)20(28)24-26(21(29)16-10-12-23-13-11-16)18-14-19(27)25(22(18)30)17-8-6-5-7-9-17/h5-13,15,18H,3-4,14H2,1-2H3,(H,24,28)/t18-/m1/s1. The van der Waals surface area contributed by atoms with E-state index in [1.807, 2.05) is 13.8 Å². The first kappa shape index (κ1) is 21.2. The molecule has 8 nitrogen and oxygen atoms in total. The number of hydrogen-bond donors (Lipinski definition) is 1. The van der Waals surface area contributed by atoms with Crippen LogP contribution in [0.2, 0.25) is 0 Å². The van der Waals surface area contributed by atoms with E-state index in [1.165, 1.54) is 24.5 Å². The summed E-state index contributed by atoms with van der Waals surface area (Å²) in [5, 5.41) is 0.999. The Morgan fingerprint density at radius 1 is 1.10 bits per heavy atom. The molecule has 8 heteroatoms. The van der Waals surface area contributed by atoms with E-state index in [4.69, 9.17) is 0 Å². The second-order valence-corrected chi connectivity index (χ2v) is 7.02. The predicted molar refractivity (Wildman–Crippen MR) is 110 cm³/mol. The molecule has 1 aromatic carbocycles. The van der Waals surface area contributed by atoms with Crippen LogP contribution in [0.25, 0.3) is 0 Å². The van der Waals surface area contributed by atoms with Crippen molar-refractivity contribution in [2.45, 2.75) is 39.2 Å². The average molecular weight is 408 g/mol. The van der Waals surface area contributed by atoms with Gasteiger partial charge in [0.1, 0.15) is 6.04 Å². The Bertz CT molecular complexity index is 929. The molecular weight excluding hydrogens is 384 g/mol. The third-order valence-electron chi connectivity index (χ3n) is 5.18. The first-order valence-corrected chi connectivity index (χ1v) is 9.93. The second-order valence-electron chi connectivity index (χ2n) is 7.02. The number of carbonyl (C=O) groups excluding carboxylic acids is 4. The van der Waals surface area contributed by atoms with Crippen molar-refractivity contribution in [1.82, 2.24) is 15.4 Å². The molecule has 0 radical (unpaired) electrons. The summed E-state index contributed by atoms with van der Waals surface area (Å²) in [6.45, 7) is 3.76. The number of hydrazine groups is 1. The minimum absolute atomic E-state index is 0.215. The second kappa shape index (κ2) is 9.30. The van der Waals surface area contributed by atoms with Crippen LogP contribution in [0.3, 0.4) is 0 Å². The molecule has 1 saturated heterocycles. The highest BCUT2D eigenvalue weighted by molar-refractivity contribution is 6.23. The fourth-order valence-electron chi connectivity index (χ4n) is 3.44. The lowest BCUT2D eigenvalue weighted by atomic mass is 10.0. The summed E-state index contributed by atoms with van der Waals surface area (Å²) in [6, 6.07) is 10.4. The molecule has 2 heterocycles. The summed E-state index contributed by atoms with van der Waals surface area (Å²) in [6.07, 6.45) is 3.87. The molecular formula is C22H24N4O4. The van der Waals surface area contributed by atoms with E-state index in [0.29, 0.717) is 18.5 Å². The van der Waals surface area contributed by atoms with Crippen LogP contribution in [-0.4, -0.2) is 39.7 Å². The van der Waals surface area contributed by atoms with Gasteiger partial charge in [-0.1, -0.05) is 32.0 Å². The molecule has 1 fully saturated rings. The van der Waals surface area contributed by atoms with Gasteiger partial charge in [-0.25, -0.2) is 9.91 Å². The van der Waals surface area contributed by atoms with Crippen LogP contribution in [0.4, 0.5) is 5.69 Å². The average Bonchev–Trinajstić information content (AvgIpc) is 3.07. The van der Waals surface area contributed by atoms with Crippen LogP contribution < -0.4 is 10.3 Å². The third-order valence-corrected chi connectivity index (χ3v) is 5.18. The van der Waals surface area contributed by atoms with Crippen molar-refractivity contribution in [2.75, 3.05) is 4.90 Å². The smallest absolute Gasteiger partial charge is 0.273 e. The molecule has 1 N–H and O–H groups in total. The zero-order valence-corrected chi connectivity index (χ0v) is 16.9. The maximum Gasteiger partial charge on any atom is 0.273 e. The zero-order valence-electron chi connectivity index (χ0n) is 16.9. The number of para-hydroxylation sites is 1. The lowest BCUT2D eigenvalue weighted by molar-refractivity contribution is -0.132. The van der Waals surface area contributed by atoms with Crippen LogP contribution in [0.15, 0.2) is 54.9 Å². The Hall–Kier alpha value is -3.55. The van der Waals surface area contributed by atoms with E-state index < -0.39 is 23.8 Å².